The average Bonchev–Trinajstić information content (AvgIpc) is 2.59. The van der Waals surface area contributed by atoms with E-state index in [9.17, 15) is 0 Å². The van der Waals surface area contributed by atoms with Crippen LogP contribution >= 0.6 is 24.0 Å². The first-order chi connectivity index (χ1) is 7.74. The summed E-state index contributed by atoms with van der Waals surface area (Å²) in [4.78, 5) is 6.79. The molecule has 3 N–H and O–H groups in total. The Kier molecular flexibility index (Phi) is 6.54. The second-order valence-corrected chi connectivity index (χ2v) is 5.32. The molecule has 0 bridgehead atoms. The van der Waals surface area contributed by atoms with Crippen LogP contribution in [0.4, 0.5) is 0 Å². The van der Waals surface area contributed by atoms with Crippen molar-refractivity contribution in [1.29, 1.82) is 0 Å². The molecule has 1 saturated heterocycles. The van der Waals surface area contributed by atoms with E-state index in [-0.39, 0.29) is 24.0 Å². The van der Waals surface area contributed by atoms with Crippen LogP contribution in [0.25, 0.3) is 0 Å². The highest BCUT2D eigenvalue weighted by Crippen LogP contribution is 2.24. The summed E-state index contributed by atoms with van der Waals surface area (Å²) < 4.78 is 0. The van der Waals surface area contributed by atoms with Crippen molar-refractivity contribution in [3.8, 4) is 0 Å². The van der Waals surface area contributed by atoms with Crippen LogP contribution in [0.2, 0.25) is 0 Å². The van der Waals surface area contributed by atoms with E-state index in [0.717, 1.165) is 19.0 Å². The number of guanidine groups is 1. The van der Waals surface area contributed by atoms with Gasteiger partial charge in [0.25, 0.3) is 0 Å². The summed E-state index contributed by atoms with van der Waals surface area (Å²) in [5.74, 6) is 2.18. The van der Waals surface area contributed by atoms with Crippen LogP contribution in [-0.2, 0) is 0 Å². The number of hydrogen-bond donors (Lipinski definition) is 2. The Bertz CT molecular complexity index is 253. The van der Waals surface area contributed by atoms with E-state index in [1.54, 1.807) is 0 Å². The largest absolute Gasteiger partial charge is 0.370 e. The number of aliphatic imine (C=N–C) groups is 1. The molecule has 100 valence electrons. The number of nitrogens with one attached hydrogen (secondary N) is 1. The molecule has 1 unspecified atom stereocenters. The topological polar surface area (TPSA) is 53.6 Å². The van der Waals surface area contributed by atoms with Crippen molar-refractivity contribution in [2.45, 2.75) is 25.7 Å². The third kappa shape index (κ3) is 4.99. The molecule has 2 rings (SSSR count). The van der Waals surface area contributed by atoms with Gasteiger partial charge in [0.05, 0.1) is 0 Å². The van der Waals surface area contributed by atoms with Gasteiger partial charge in [-0.1, -0.05) is 6.42 Å². The Balaban J connectivity index is 0.00000144. The zero-order chi connectivity index (χ0) is 11.4. The highest BCUT2D eigenvalue weighted by atomic mass is 127. The third-order valence-corrected chi connectivity index (χ3v) is 3.81. The molecule has 1 saturated carbocycles. The summed E-state index contributed by atoms with van der Waals surface area (Å²) in [6, 6.07) is 0. The summed E-state index contributed by atoms with van der Waals surface area (Å²) >= 11 is 0. The molecule has 0 aromatic rings. The molecule has 4 nitrogen and oxygen atoms in total. The van der Waals surface area contributed by atoms with Gasteiger partial charge in [0.1, 0.15) is 0 Å². The number of halogens is 1. The lowest BCUT2D eigenvalue weighted by Gasteiger charge is -2.25. The Labute approximate surface area is 121 Å². The smallest absolute Gasteiger partial charge is 0.188 e. The maximum atomic E-state index is 5.84. The lowest BCUT2D eigenvalue weighted by molar-refractivity contribution is 0.315. The van der Waals surface area contributed by atoms with Crippen molar-refractivity contribution < 1.29 is 0 Å². The standard InChI is InChI=1S/C12H24N4.HI/c1-16-6-5-11(9-16)8-15-12(13)14-7-10-3-2-4-10;/h10-11H,2-9H2,1H3,(H3,13,14,15);1H. The van der Waals surface area contributed by atoms with Gasteiger partial charge in [-0.2, -0.15) is 0 Å². The summed E-state index contributed by atoms with van der Waals surface area (Å²) in [6.07, 6.45) is 5.36. The normalized spacial score (nSPS) is 26.4. The number of hydrogen-bond acceptors (Lipinski definition) is 2. The van der Waals surface area contributed by atoms with Gasteiger partial charge in [-0.3, -0.25) is 4.99 Å². The van der Waals surface area contributed by atoms with Gasteiger partial charge in [-0.25, -0.2) is 0 Å². The van der Waals surface area contributed by atoms with E-state index in [4.69, 9.17) is 5.73 Å². The lowest BCUT2D eigenvalue weighted by Crippen LogP contribution is -2.37. The molecule has 1 aliphatic heterocycles. The molecule has 1 aliphatic carbocycles. The second-order valence-electron chi connectivity index (χ2n) is 5.32. The first kappa shape index (κ1) is 15.0. The predicted molar refractivity (Wildman–Crippen MR) is 82.9 cm³/mol. The maximum Gasteiger partial charge on any atom is 0.188 e. The van der Waals surface area contributed by atoms with Crippen LogP contribution < -0.4 is 11.1 Å². The van der Waals surface area contributed by atoms with Gasteiger partial charge < -0.3 is 16.0 Å². The second kappa shape index (κ2) is 7.41. The molecular formula is C12H25IN4. The van der Waals surface area contributed by atoms with E-state index in [0.29, 0.717) is 11.9 Å². The third-order valence-electron chi connectivity index (χ3n) is 3.81. The molecule has 17 heavy (non-hydrogen) atoms. The van der Waals surface area contributed by atoms with Crippen LogP contribution in [0.3, 0.4) is 0 Å². The fourth-order valence-corrected chi connectivity index (χ4v) is 2.40. The Hall–Kier alpha value is -0.0400. The quantitative estimate of drug-likeness (QED) is 0.455. The van der Waals surface area contributed by atoms with E-state index >= 15 is 0 Å². The van der Waals surface area contributed by atoms with Crippen molar-refractivity contribution in [1.82, 2.24) is 10.2 Å². The SMILES string of the molecule is CN1CCC(CN=C(N)NCC2CCC2)C1.I. The number of nitrogens with zero attached hydrogens (tertiary/aromatic N) is 2. The monoisotopic (exact) mass is 352 g/mol. The van der Waals surface area contributed by atoms with Crippen LogP contribution in [-0.4, -0.2) is 44.1 Å². The number of rotatable bonds is 4. The molecule has 0 aromatic heterocycles. The highest BCUT2D eigenvalue weighted by Gasteiger charge is 2.19. The molecule has 2 fully saturated rings. The average molecular weight is 352 g/mol. The van der Waals surface area contributed by atoms with Crippen molar-refractivity contribution >= 4 is 29.9 Å². The number of nitrogens with two attached hydrogens (primary N) is 1. The van der Waals surface area contributed by atoms with Gasteiger partial charge in [0.15, 0.2) is 5.96 Å². The molecule has 0 radical (unpaired) electrons. The van der Waals surface area contributed by atoms with Crippen LogP contribution in [0.1, 0.15) is 25.7 Å². The summed E-state index contributed by atoms with van der Waals surface area (Å²) in [6.45, 7) is 4.27. The Morgan fingerprint density at radius 3 is 2.65 bits per heavy atom. The van der Waals surface area contributed by atoms with E-state index in [2.05, 4.69) is 22.3 Å². The summed E-state index contributed by atoms with van der Waals surface area (Å²) in [5, 5.41) is 3.23. The first-order valence-corrected chi connectivity index (χ1v) is 6.46. The predicted octanol–water partition coefficient (Wildman–Crippen LogP) is 1.26. The van der Waals surface area contributed by atoms with Crippen LogP contribution in [0, 0.1) is 11.8 Å². The minimum Gasteiger partial charge on any atom is -0.370 e. The van der Waals surface area contributed by atoms with E-state index in [1.165, 1.54) is 38.8 Å². The molecule has 0 aromatic carbocycles. The summed E-state index contributed by atoms with van der Waals surface area (Å²) in [5.41, 5.74) is 5.84. The fourth-order valence-electron chi connectivity index (χ4n) is 2.40. The van der Waals surface area contributed by atoms with Crippen molar-refractivity contribution in [2.75, 3.05) is 33.2 Å². The molecule has 5 heteroatoms. The van der Waals surface area contributed by atoms with Gasteiger partial charge in [-0.15, -0.1) is 24.0 Å². The van der Waals surface area contributed by atoms with Crippen molar-refractivity contribution in [3.63, 3.8) is 0 Å². The van der Waals surface area contributed by atoms with Gasteiger partial charge in [0.2, 0.25) is 0 Å². The van der Waals surface area contributed by atoms with Gasteiger partial charge in [-0.05, 0) is 44.7 Å². The Morgan fingerprint density at radius 2 is 2.12 bits per heavy atom. The molecule has 0 spiro atoms. The van der Waals surface area contributed by atoms with Gasteiger partial charge in [0, 0.05) is 19.6 Å². The van der Waals surface area contributed by atoms with Crippen molar-refractivity contribution in [3.05, 3.63) is 0 Å². The minimum atomic E-state index is 0. The van der Waals surface area contributed by atoms with Crippen LogP contribution in [0.15, 0.2) is 4.99 Å². The van der Waals surface area contributed by atoms with E-state index in [1.807, 2.05) is 0 Å². The molecule has 0 amide bonds. The molecular weight excluding hydrogens is 327 g/mol. The lowest BCUT2D eigenvalue weighted by atomic mass is 9.85. The highest BCUT2D eigenvalue weighted by molar-refractivity contribution is 14.0. The van der Waals surface area contributed by atoms with E-state index < -0.39 is 0 Å². The van der Waals surface area contributed by atoms with Crippen molar-refractivity contribution in [2.24, 2.45) is 22.6 Å². The Morgan fingerprint density at radius 1 is 1.35 bits per heavy atom. The van der Waals surface area contributed by atoms with Crippen LogP contribution in [0.5, 0.6) is 0 Å². The minimum absolute atomic E-state index is 0. The molecule has 1 heterocycles. The zero-order valence-electron chi connectivity index (χ0n) is 10.7. The maximum absolute atomic E-state index is 5.84. The molecule has 2 aliphatic rings. The number of likely N-dealkylation sites (tertiary alicyclic amines) is 1. The van der Waals surface area contributed by atoms with Gasteiger partial charge >= 0.3 is 0 Å². The fraction of sp³-hybridized carbons (Fsp3) is 0.917. The zero-order valence-corrected chi connectivity index (χ0v) is 13.0. The molecule has 1 atom stereocenters. The first-order valence-electron chi connectivity index (χ1n) is 6.46. The summed E-state index contributed by atoms with van der Waals surface area (Å²) in [7, 11) is 2.17.